The molecule has 1 amide bonds. The standard InChI is InChI=1S/C16H20ClN3O2S/c1-22-14-5-4-10(17)7-12(14)13-8-15(21)19-16(23)20(13)9-11-3-2-6-18-11/h4-5,7-8,11,16,18,23H,2-3,6,9H2,1H3,(H,19,21)/t11-,16?/m1/s1. The molecule has 2 N–H and O–H groups in total. The lowest BCUT2D eigenvalue weighted by Gasteiger charge is -2.38. The van der Waals surface area contributed by atoms with E-state index in [1.165, 1.54) is 6.42 Å². The maximum Gasteiger partial charge on any atom is 0.248 e. The maximum absolute atomic E-state index is 12.0. The van der Waals surface area contributed by atoms with Crippen molar-refractivity contribution in [3.63, 3.8) is 0 Å². The summed E-state index contributed by atoms with van der Waals surface area (Å²) < 4.78 is 5.44. The van der Waals surface area contributed by atoms with Crippen LogP contribution in [0.2, 0.25) is 5.02 Å². The summed E-state index contributed by atoms with van der Waals surface area (Å²) in [6.45, 7) is 1.79. The first kappa shape index (κ1) is 16.5. The van der Waals surface area contributed by atoms with Crippen molar-refractivity contribution >= 4 is 35.8 Å². The molecule has 0 radical (unpaired) electrons. The Hall–Kier alpha value is -1.37. The largest absolute Gasteiger partial charge is 0.496 e. The Morgan fingerprint density at radius 1 is 1.48 bits per heavy atom. The SMILES string of the molecule is COc1ccc(Cl)cc1C1=CC(=O)NC(S)N1C[C@H]1CCCN1. The minimum Gasteiger partial charge on any atom is -0.496 e. The van der Waals surface area contributed by atoms with Crippen molar-refractivity contribution in [1.29, 1.82) is 0 Å². The summed E-state index contributed by atoms with van der Waals surface area (Å²) in [5.74, 6) is 0.512. The molecule has 0 aromatic heterocycles. The number of benzene rings is 1. The Morgan fingerprint density at radius 2 is 2.30 bits per heavy atom. The highest BCUT2D eigenvalue weighted by atomic mass is 35.5. The molecule has 0 spiro atoms. The van der Waals surface area contributed by atoms with Crippen LogP contribution in [0.4, 0.5) is 0 Å². The van der Waals surface area contributed by atoms with Crippen molar-refractivity contribution in [1.82, 2.24) is 15.5 Å². The van der Waals surface area contributed by atoms with Gasteiger partial charge in [0.05, 0.1) is 12.8 Å². The fourth-order valence-corrected chi connectivity index (χ4v) is 3.56. The van der Waals surface area contributed by atoms with Gasteiger partial charge in [0.15, 0.2) is 0 Å². The molecule has 1 fully saturated rings. The van der Waals surface area contributed by atoms with Crippen molar-refractivity contribution in [2.24, 2.45) is 0 Å². The lowest BCUT2D eigenvalue weighted by atomic mass is 10.1. The summed E-state index contributed by atoms with van der Waals surface area (Å²) in [4.78, 5) is 14.0. The molecule has 1 saturated heterocycles. The number of thiol groups is 1. The highest BCUT2D eigenvalue weighted by Gasteiger charge is 2.30. The smallest absolute Gasteiger partial charge is 0.248 e. The monoisotopic (exact) mass is 353 g/mol. The van der Waals surface area contributed by atoms with E-state index in [-0.39, 0.29) is 11.4 Å². The van der Waals surface area contributed by atoms with Crippen molar-refractivity contribution in [2.75, 3.05) is 20.2 Å². The Bertz CT molecular complexity index is 632. The molecule has 0 saturated carbocycles. The van der Waals surface area contributed by atoms with Crippen LogP contribution < -0.4 is 15.4 Å². The summed E-state index contributed by atoms with van der Waals surface area (Å²) in [7, 11) is 1.61. The number of halogens is 1. The van der Waals surface area contributed by atoms with Gasteiger partial charge in [0.25, 0.3) is 0 Å². The van der Waals surface area contributed by atoms with Crippen LogP contribution in [0.25, 0.3) is 5.70 Å². The molecule has 5 nitrogen and oxygen atoms in total. The summed E-state index contributed by atoms with van der Waals surface area (Å²) >= 11 is 10.7. The van der Waals surface area contributed by atoms with Gasteiger partial charge in [-0.1, -0.05) is 11.6 Å². The van der Waals surface area contributed by atoms with Crippen molar-refractivity contribution in [2.45, 2.75) is 24.4 Å². The van der Waals surface area contributed by atoms with Crippen LogP contribution in [0.3, 0.4) is 0 Å². The number of carbonyl (C=O) groups excluding carboxylic acids is 1. The average Bonchev–Trinajstić information content (AvgIpc) is 3.03. The van der Waals surface area contributed by atoms with Gasteiger partial charge in [-0.3, -0.25) is 4.79 Å². The second kappa shape index (κ2) is 7.03. The fraction of sp³-hybridized carbons (Fsp3) is 0.438. The molecule has 1 aromatic carbocycles. The molecule has 0 bridgehead atoms. The third-order valence-corrected chi connectivity index (χ3v) is 4.80. The van der Waals surface area contributed by atoms with Crippen LogP contribution in [0.15, 0.2) is 24.3 Å². The molecule has 1 aromatic rings. The van der Waals surface area contributed by atoms with E-state index in [1.54, 1.807) is 19.3 Å². The molecular formula is C16H20ClN3O2S. The lowest BCUT2D eigenvalue weighted by molar-refractivity contribution is -0.117. The molecule has 124 valence electrons. The summed E-state index contributed by atoms with van der Waals surface area (Å²) in [6, 6.07) is 5.78. The zero-order chi connectivity index (χ0) is 16.4. The molecule has 1 unspecified atom stereocenters. The summed E-state index contributed by atoms with van der Waals surface area (Å²) in [5.41, 5.74) is 1.20. The van der Waals surface area contributed by atoms with Gasteiger partial charge < -0.3 is 20.3 Å². The topological polar surface area (TPSA) is 53.6 Å². The van der Waals surface area contributed by atoms with Gasteiger partial charge in [-0.15, -0.1) is 12.6 Å². The van der Waals surface area contributed by atoms with Gasteiger partial charge in [0.2, 0.25) is 5.91 Å². The zero-order valence-electron chi connectivity index (χ0n) is 12.9. The van der Waals surface area contributed by atoms with Crippen molar-refractivity contribution < 1.29 is 9.53 Å². The predicted octanol–water partition coefficient (Wildman–Crippen LogP) is 2.09. The number of methoxy groups -OCH3 is 1. The van der Waals surface area contributed by atoms with E-state index in [0.717, 1.165) is 30.8 Å². The molecule has 7 heteroatoms. The lowest BCUT2D eigenvalue weighted by Crippen LogP contribution is -2.50. The minimum absolute atomic E-state index is 0.169. The molecular weight excluding hydrogens is 334 g/mol. The predicted molar refractivity (Wildman–Crippen MR) is 94.6 cm³/mol. The Kier molecular flexibility index (Phi) is 5.04. The molecule has 0 aliphatic carbocycles. The number of carbonyl (C=O) groups is 1. The molecule has 2 atom stereocenters. The molecule has 2 aliphatic heterocycles. The third kappa shape index (κ3) is 3.59. The van der Waals surface area contributed by atoms with Gasteiger partial charge in [0, 0.05) is 29.2 Å². The van der Waals surface area contributed by atoms with E-state index in [1.807, 2.05) is 12.1 Å². The Morgan fingerprint density at radius 3 is 3.00 bits per heavy atom. The Balaban J connectivity index is 1.98. The van der Waals surface area contributed by atoms with Crippen molar-refractivity contribution in [3.05, 3.63) is 34.9 Å². The van der Waals surface area contributed by atoms with Crippen LogP contribution in [0, 0.1) is 0 Å². The van der Waals surface area contributed by atoms with Crippen LogP contribution >= 0.6 is 24.2 Å². The van der Waals surface area contributed by atoms with Crippen LogP contribution in [0.5, 0.6) is 5.75 Å². The van der Waals surface area contributed by atoms with Crippen LogP contribution in [-0.4, -0.2) is 42.5 Å². The van der Waals surface area contributed by atoms with E-state index >= 15 is 0 Å². The van der Waals surface area contributed by atoms with Gasteiger partial charge in [0.1, 0.15) is 11.2 Å². The molecule has 2 aliphatic rings. The van der Waals surface area contributed by atoms with Crippen LogP contribution in [-0.2, 0) is 4.79 Å². The first-order chi connectivity index (χ1) is 11.1. The first-order valence-electron chi connectivity index (χ1n) is 7.62. The minimum atomic E-state index is -0.381. The maximum atomic E-state index is 12.0. The van der Waals surface area contributed by atoms with E-state index in [9.17, 15) is 4.79 Å². The summed E-state index contributed by atoms with van der Waals surface area (Å²) in [6.07, 6.45) is 3.86. The normalized spacial score (nSPS) is 24.4. The number of ether oxygens (including phenoxy) is 1. The van der Waals surface area contributed by atoms with Gasteiger partial charge in [-0.25, -0.2) is 0 Å². The van der Waals surface area contributed by atoms with E-state index < -0.39 is 0 Å². The number of rotatable bonds is 4. The molecule has 23 heavy (non-hydrogen) atoms. The second-order valence-corrected chi connectivity index (χ2v) is 6.63. The number of nitrogens with zero attached hydrogens (tertiary/aromatic N) is 1. The van der Waals surface area contributed by atoms with Gasteiger partial charge >= 0.3 is 0 Å². The third-order valence-electron chi connectivity index (χ3n) is 4.16. The molecule has 3 rings (SSSR count). The van der Waals surface area contributed by atoms with E-state index in [2.05, 4.69) is 28.2 Å². The highest BCUT2D eigenvalue weighted by Crippen LogP contribution is 2.34. The van der Waals surface area contributed by atoms with Crippen molar-refractivity contribution in [3.8, 4) is 5.75 Å². The number of hydrogen-bond acceptors (Lipinski definition) is 5. The zero-order valence-corrected chi connectivity index (χ0v) is 14.5. The molecule has 2 heterocycles. The second-order valence-electron chi connectivity index (χ2n) is 5.70. The Labute approximate surface area is 146 Å². The quantitative estimate of drug-likeness (QED) is 0.725. The van der Waals surface area contributed by atoms with Crippen LogP contribution in [0.1, 0.15) is 18.4 Å². The van der Waals surface area contributed by atoms with Gasteiger partial charge in [-0.05, 0) is 37.6 Å². The highest BCUT2D eigenvalue weighted by molar-refractivity contribution is 7.80. The van der Waals surface area contributed by atoms with Gasteiger partial charge in [-0.2, -0.15) is 0 Å². The number of amides is 1. The van der Waals surface area contributed by atoms with E-state index in [4.69, 9.17) is 16.3 Å². The fourth-order valence-electron chi connectivity index (χ4n) is 3.05. The number of hydrogen-bond donors (Lipinski definition) is 3. The number of nitrogens with one attached hydrogen (secondary N) is 2. The first-order valence-corrected chi connectivity index (χ1v) is 8.52. The van der Waals surface area contributed by atoms with E-state index in [0.29, 0.717) is 16.8 Å². The summed E-state index contributed by atoms with van der Waals surface area (Å²) in [5, 5.41) is 6.90. The average molecular weight is 354 g/mol.